The molecule has 2 saturated heterocycles. The van der Waals surface area contributed by atoms with E-state index in [-0.39, 0.29) is 18.5 Å². The van der Waals surface area contributed by atoms with Crippen LogP contribution in [0.15, 0.2) is 4.99 Å². The molecule has 2 aliphatic heterocycles. The minimum absolute atomic E-state index is 0.0856. The quantitative estimate of drug-likeness (QED) is 0.302. The van der Waals surface area contributed by atoms with E-state index in [9.17, 15) is 9.59 Å². The number of imide groups is 1. The summed E-state index contributed by atoms with van der Waals surface area (Å²) in [4.78, 5) is 31.0. The SMILES string of the molecule is CN=C(NCCN1C(=O)CNC1=O)NCC(CC(C)C)N1CCOCC1. The standard InChI is InChI=1S/C17H32N6O3/c1-13(2)10-14(22-6-8-26-9-7-22)11-20-16(18-3)19-4-5-23-15(24)12-21-17(23)25/h13-14H,4-12H2,1-3H3,(H,21,25)(H2,18,19,20). The van der Waals surface area contributed by atoms with Gasteiger partial charge in [-0.3, -0.25) is 19.6 Å². The fourth-order valence-electron chi connectivity index (χ4n) is 3.25. The molecule has 1 unspecified atom stereocenters. The molecule has 9 heteroatoms. The lowest BCUT2D eigenvalue weighted by molar-refractivity contribution is -0.124. The summed E-state index contributed by atoms with van der Waals surface area (Å²) >= 11 is 0. The summed E-state index contributed by atoms with van der Waals surface area (Å²) in [5.74, 6) is 1.10. The summed E-state index contributed by atoms with van der Waals surface area (Å²) in [5, 5.41) is 9.06. The van der Waals surface area contributed by atoms with E-state index in [2.05, 4.69) is 39.7 Å². The van der Waals surface area contributed by atoms with Crippen molar-refractivity contribution in [1.29, 1.82) is 0 Å². The Morgan fingerprint density at radius 1 is 1.27 bits per heavy atom. The third-order valence-corrected chi connectivity index (χ3v) is 4.60. The van der Waals surface area contributed by atoms with E-state index in [0.29, 0.717) is 31.0 Å². The van der Waals surface area contributed by atoms with Crippen LogP contribution in [0, 0.1) is 5.92 Å². The van der Waals surface area contributed by atoms with Gasteiger partial charge in [-0.05, 0) is 12.3 Å². The number of guanidine groups is 1. The van der Waals surface area contributed by atoms with E-state index < -0.39 is 0 Å². The minimum Gasteiger partial charge on any atom is -0.379 e. The number of nitrogens with one attached hydrogen (secondary N) is 3. The normalized spacial score (nSPS) is 20.5. The Morgan fingerprint density at radius 3 is 2.58 bits per heavy atom. The van der Waals surface area contributed by atoms with Gasteiger partial charge in [-0.25, -0.2) is 4.79 Å². The van der Waals surface area contributed by atoms with Crippen molar-refractivity contribution in [2.45, 2.75) is 26.3 Å². The van der Waals surface area contributed by atoms with Crippen LogP contribution in [0.3, 0.4) is 0 Å². The third kappa shape index (κ3) is 6.14. The van der Waals surface area contributed by atoms with Gasteiger partial charge in [0.25, 0.3) is 0 Å². The Balaban J connectivity index is 1.77. The van der Waals surface area contributed by atoms with Crippen molar-refractivity contribution >= 4 is 17.9 Å². The zero-order valence-corrected chi connectivity index (χ0v) is 16.1. The van der Waals surface area contributed by atoms with Crippen LogP contribution in [-0.2, 0) is 9.53 Å². The molecule has 26 heavy (non-hydrogen) atoms. The molecule has 1 atom stereocenters. The molecule has 0 aliphatic carbocycles. The number of ether oxygens (including phenoxy) is 1. The second-order valence-electron chi connectivity index (χ2n) is 7.02. The van der Waals surface area contributed by atoms with Gasteiger partial charge >= 0.3 is 6.03 Å². The van der Waals surface area contributed by atoms with Crippen molar-refractivity contribution in [3.8, 4) is 0 Å². The van der Waals surface area contributed by atoms with Crippen LogP contribution in [0.2, 0.25) is 0 Å². The summed E-state index contributed by atoms with van der Waals surface area (Å²) in [7, 11) is 1.72. The number of nitrogens with zero attached hydrogens (tertiary/aromatic N) is 3. The molecule has 0 saturated carbocycles. The van der Waals surface area contributed by atoms with E-state index in [4.69, 9.17) is 4.74 Å². The first kappa shape index (κ1) is 20.4. The lowest BCUT2D eigenvalue weighted by atomic mass is 10.0. The number of morpholine rings is 1. The zero-order valence-electron chi connectivity index (χ0n) is 16.1. The maximum absolute atomic E-state index is 11.6. The molecule has 0 aromatic heterocycles. The predicted octanol–water partition coefficient (Wildman–Crippen LogP) is -0.550. The van der Waals surface area contributed by atoms with E-state index in [1.807, 2.05) is 0 Å². The largest absolute Gasteiger partial charge is 0.379 e. The Kier molecular flexibility index (Phi) is 8.11. The Labute approximate surface area is 155 Å². The molecule has 2 heterocycles. The smallest absolute Gasteiger partial charge is 0.324 e. The molecule has 0 bridgehead atoms. The molecule has 9 nitrogen and oxygen atoms in total. The molecular formula is C17H32N6O3. The van der Waals surface area contributed by atoms with Gasteiger partial charge in [0.2, 0.25) is 5.91 Å². The Morgan fingerprint density at radius 2 is 2.00 bits per heavy atom. The van der Waals surface area contributed by atoms with E-state index in [1.165, 1.54) is 4.90 Å². The van der Waals surface area contributed by atoms with Crippen molar-refractivity contribution in [2.75, 3.05) is 59.5 Å². The van der Waals surface area contributed by atoms with Crippen LogP contribution in [0.1, 0.15) is 20.3 Å². The number of aliphatic imine (C=N–C) groups is 1. The van der Waals surface area contributed by atoms with Crippen LogP contribution in [0.4, 0.5) is 4.79 Å². The number of carbonyl (C=O) groups is 2. The number of carbonyl (C=O) groups excluding carboxylic acids is 2. The highest BCUT2D eigenvalue weighted by atomic mass is 16.5. The molecule has 0 aromatic rings. The Bertz CT molecular complexity index is 489. The first-order chi connectivity index (χ1) is 12.5. The zero-order chi connectivity index (χ0) is 18.9. The molecular weight excluding hydrogens is 336 g/mol. The van der Waals surface area contributed by atoms with Crippen molar-refractivity contribution in [3.05, 3.63) is 0 Å². The van der Waals surface area contributed by atoms with E-state index >= 15 is 0 Å². The fraction of sp³-hybridized carbons (Fsp3) is 0.824. The van der Waals surface area contributed by atoms with Gasteiger partial charge in [0.15, 0.2) is 5.96 Å². The lowest BCUT2D eigenvalue weighted by Crippen LogP contribution is -2.51. The Hall–Kier alpha value is -1.87. The number of amides is 3. The molecule has 0 spiro atoms. The summed E-state index contributed by atoms with van der Waals surface area (Å²) in [6.45, 7) is 9.62. The van der Waals surface area contributed by atoms with Gasteiger partial charge in [0.05, 0.1) is 19.8 Å². The molecule has 2 aliphatic rings. The van der Waals surface area contributed by atoms with E-state index in [1.54, 1.807) is 7.05 Å². The maximum atomic E-state index is 11.6. The van der Waals surface area contributed by atoms with Gasteiger partial charge in [0.1, 0.15) is 0 Å². The molecule has 0 radical (unpaired) electrons. The number of urea groups is 1. The fourth-order valence-corrected chi connectivity index (χ4v) is 3.25. The van der Waals surface area contributed by atoms with Gasteiger partial charge in [0, 0.05) is 45.8 Å². The second kappa shape index (κ2) is 10.3. The van der Waals surface area contributed by atoms with Crippen LogP contribution in [-0.4, -0.2) is 93.3 Å². The van der Waals surface area contributed by atoms with Crippen molar-refractivity contribution in [1.82, 2.24) is 25.8 Å². The predicted molar refractivity (Wildman–Crippen MR) is 100 cm³/mol. The minimum atomic E-state index is -0.330. The number of hydrogen-bond acceptors (Lipinski definition) is 5. The highest BCUT2D eigenvalue weighted by Crippen LogP contribution is 2.12. The third-order valence-electron chi connectivity index (χ3n) is 4.60. The first-order valence-corrected chi connectivity index (χ1v) is 9.35. The molecule has 3 amide bonds. The average Bonchev–Trinajstić information content (AvgIpc) is 2.95. The van der Waals surface area contributed by atoms with E-state index in [0.717, 1.165) is 39.3 Å². The van der Waals surface area contributed by atoms with Crippen LogP contribution < -0.4 is 16.0 Å². The molecule has 148 valence electrons. The second-order valence-corrected chi connectivity index (χ2v) is 7.02. The average molecular weight is 368 g/mol. The van der Waals surface area contributed by atoms with Gasteiger partial charge in [-0.2, -0.15) is 0 Å². The molecule has 2 rings (SSSR count). The summed E-state index contributed by atoms with van der Waals surface area (Å²) in [6, 6.07) is 0.0902. The molecule has 0 aromatic carbocycles. The maximum Gasteiger partial charge on any atom is 0.324 e. The monoisotopic (exact) mass is 368 g/mol. The van der Waals surface area contributed by atoms with Crippen molar-refractivity contribution < 1.29 is 14.3 Å². The summed E-state index contributed by atoms with van der Waals surface area (Å²) in [6.07, 6.45) is 1.10. The van der Waals surface area contributed by atoms with Crippen LogP contribution in [0.25, 0.3) is 0 Å². The lowest BCUT2D eigenvalue weighted by Gasteiger charge is -2.35. The highest BCUT2D eigenvalue weighted by molar-refractivity contribution is 6.01. The topological polar surface area (TPSA) is 98.3 Å². The molecule has 3 N–H and O–H groups in total. The van der Waals surface area contributed by atoms with Crippen LogP contribution >= 0.6 is 0 Å². The summed E-state index contributed by atoms with van der Waals surface area (Å²) in [5.41, 5.74) is 0. The molecule has 2 fully saturated rings. The highest BCUT2D eigenvalue weighted by Gasteiger charge is 2.27. The van der Waals surface area contributed by atoms with Gasteiger partial charge in [-0.1, -0.05) is 13.8 Å². The van der Waals surface area contributed by atoms with Crippen LogP contribution in [0.5, 0.6) is 0 Å². The van der Waals surface area contributed by atoms with Gasteiger partial charge in [-0.15, -0.1) is 0 Å². The summed E-state index contributed by atoms with van der Waals surface area (Å²) < 4.78 is 5.46. The van der Waals surface area contributed by atoms with Crippen molar-refractivity contribution in [2.24, 2.45) is 10.9 Å². The number of hydrogen-bond donors (Lipinski definition) is 3. The number of rotatable bonds is 8. The van der Waals surface area contributed by atoms with Crippen molar-refractivity contribution in [3.63, 3.8) is 0 Å². The first-order valence-electron chi connectivity index (χ1n) is 9.35. The van der Waals surface area contributed by atoms with Gasteiger partial charge < -0.3 is 20.7 Å².